The number of aromatic nitrogens is 2. The van der Waals surface area contributed by atoms with Crippen LogP contribution in [0.3, 0.4) is 0 Å². The van der Waals surface area contributed by atoms with Crippen LogP contribution in [0.4, 0.5) is 14.5 Å². The lowest BCUT2D eigenvalue weighted by Gasteiger charge is -2.26. The number of hydrogen-bond acceptors (Lipinski definition) is 3. The Balaban J connectivity index is 2.09. The second-order valence-corrected chi connectivity index (χ2v) is 6.11. The molecule has 6 heteroatoms. The van der Waals surface area contributed by atoms with E-state index < -0.39 is 17.2 Å². The fraction of sp³-hybridized carbons (Fsp3) is 0.278. The summed E-state index contributed by atoms with van der Waals surface area (Å²) in [7, 11) is 0. The van der Waals surface area contributed by atoms with Crippen molar-refractivity contribution < 1.29 is 13.5 Å². The number of aryl methyl sites for hydroxylation is 1. The number of hydrogen-bond donors (Lipinski definition) is 1. The highest BCUT2D eigenvalue weighted by molar-refractivity contribution is 5.79. The molecule has 1 heterocycles. The Hall–Kier alpha value is -2.63. The van der Waals surface area contributed by atoms with Crippen LogP contribution in [0.25, 0.3) is 11.0 Å². The highest BCUT2D eigenvalue weighted by Gasteiger charge is 2.30. The molecule has 0 fully saturated rings. The number of anilines is 1. The summed E-state index contributed by atoms with van der Waals surface area (Å²) >= 11 is 0. The normalized spacial score (nSPS) is 11.9. The molecule has 0 aliphatic heterocycles. The first-order valence-electron chi connectivity index (χ1n) is 7.72. The Morgan fingerprint density at radius 1 is 1.17 bits per heavy atom. The summed E-state index contributed by atoms with van der Waals surface area (Å²) in [6.07, 6.45) is 0. The van der Waals surface area contributed by atoms with Gasteiger partial charge < -0.3 is 15.0 Å². The van der Waals surface area contributed by atoms with Crippen LogP contribution in [0.5, 0.6) is 5.75 Å². The number of nitrogens with two attached hydrogens (primary N) is 1. The molecular weight excluding hydrogens is 312 g/mol. The maximum Gasteiger partial charge on any atom is 0.165 e. The Kier molecular flexibility index (Phi) is 3.91. The number of nitrogens with zero attached hydrogens (tertiary/aromatic N) is 2. The Morgan fingerprint density at radius 3 is 2.62 bits per heavy atom. The monoisotopic (exact) mass is 331 g/mol. The van der Waals surface area contributed by atoms with Gasteiger partial charge in [0.2, 0.25) is 0 Å². The highest BCUT2D eigenvalue weighted by Crippen LogP contribution is 2.32. The molecule has 0 radical (unpaired) electrons. The van der Waals surface area contributed by atoms with E-state index >= 15 is 0 Å². The molecule has 0 aliphatic carbocycles. The van der Waals surface area contributed by atoms with Gasteiger partial charge in [-0.2, -0.15) is 0 Å². The van der Waals surface area contributed by atoms with Crippen molar-refractivity contribution in [3.8, 4) is 5.75 Å². The molecule has 2 aromatic carbocycles. The van der Waals surface area contributed by atoms with Gasteiger partial charge in [-0.25, -0.2) is 13.8 Å². The first-order valence-corrected chi connectivity index (χ1v) is 7.72. The van der Waals surface area contributed by atoms with Crippen LogP contribution >= 0.6 is 0 Å². The van der Waals surface area contributed by atoms with Gasteiger partial charge in [0.15, 0.2) is 23.0 Å². The van der Waals surface area contributed by atoms with E-state index in [2.05, 4.69) is 4.98 Å². The van der Waals surface area contributed by atoms with Gasteiger partial charge in [-0.1, -0.05) is 0 Å². The summed E-state index contributed by atoms with van der Waals surface area (Å²) in [6, 6.07) is 8.62. The average Bonchev–Trinajstić information content (AvgIpc) is 2.89. The highest BCUT2D eigenvalue weighted by atomic mass is 19.1. The van der Waals surface area contributed by atoms with Gasteiger partial charge in [-0.3, -0.25) is 0 Å². The predicted molar refractivity (Wildman–Crippen MR) is 89.8 cm³/mol. The number of halogens is 2. The Morgan fingerprint density at radius 2 is 1.92 bits per heavy atom. The van der Waals surface area contributed by atoms with Crippen molar-refractivity contribution in [2.24, 2.45) is 0 Å². The summed E-state index contributed by atoms with van der Waals surface area (Å²) in [4.78, 5) is 4.61. The Labute approximate surface area is 138 Å². The average molecular weight is 331 g/mol. The quantitative estimate of drug-likeness (QED) is 0.728. The number of fused-ring (bicyclic) bond motifs is 1. The maximum absolute atomic E-state index is 13.9. The van der Waals surface area contributed by atoms with Gasteiger partial charge in [-0.05, 0) is 51.1 Å². The first kappa shape index (κ1) is 16.2. The molecule has 0 unspecified atom stereocenters. The van der Waals surface area contributed by atoms with E-state index in [1.165, 1.54) is 0 Å². The second kappa shape index (κ2) is 5.78. The zero-order valence-corrected chi connectivity index (χ0v) is 13.8. The molecule has 0 saturated heterocycles. The lowest BCUT2D eigenvalue weighted by molar-refractivity contribution is 0.0889. The molecule has 0 saturated carbocycles. The summed E-state index contributed by atoms with van der Waals surface area (Å²) in [5, 5.41) is 0. The summed E-state index contributed by atoms with van der Waals surface area (Å²) in [6.45, 7) is 6.19. The SMILES string of the molecule is CCn1c(C(C)(C)Oc2cc(F)ccc2F)nc2cc(N)ccc21. The third-order valence-corrected chi connectivity index (χ3v) is 3.89. The number of rotatable bonds is 4. The van der Waals surface area contributed by atoms with Crippen LogP contribution in [0.2, 0.25) is 0 Å². The smallest absolute Gasteiger partial charge is 0.165 e. The second-order valence-electron chi connectivity index (χ2n) is 6.11. The molecule has 4 nitrogen and oxygen atoms in total. The Bertz CT molecular complexity index is 903. The number of ether oxygens (including phenoxy) is 1. The minimum atomic E-state index is -0.960. The van der Waals surface area contributed by atoms with Crippen molar-refractivity contribution in [1.82, 2.24) is 9.55 Å². The molecule has 24 heavy (non-hydrogen) atoms. The molecule has 0 spiro atoms. The van der Waals surface area contributed by atoms with Gasteiger partial charge in [0, 0.05) is 18.3 Å². The zero-order valence-electron chi connectivity index (χ0n) is 13.8. The lowest BCUT2D eigenvalue weighted by Crippen LogP contribution is -2.30. The molecular formula is C18H19F2N3O. The van der Waals surface area contributed by atoms with Gasteiger partial charge in [0.25, 0.3) is 0 Å². The van der Waals surface area contributed by atoms with Crippen molar-refractivity contribution in [1.29, 1.82) is 0 Å². The molecule has 2 N–H and O–H groups in total. The standard InChI is InChI=1S/C18H19F2N3O/c1-4-23-15-8-6-12(21)10-14(15)22-17(23)18(2,3)24-16-9-11(19)5-7-13(16)20/h5-10H,4,21H2,1-3H3. The van der Waals surface area contributed by atoms with Crippen LogP contribution in [0, 0.1) is 11.6 Å². The van der Waals surface area contributed by atoms with Crippen LogP contribution < -0.4 is 10.5 Å². The number of nitrogen functional groups attached to an aromatic ring is 1. The van der Waals surface area contributed by atoms with Crippen LogP contribution in [-0.2, 0) is 12.1 Å². The minimum Gasteiger partial charge on any atom is -0.477 e. The molecule has 3 rings (SSSR count). The van der Waals surface area contributed by atoms with Crippen molar-refractivity contribution in [3.63, 3.8) is 0 Å². The molecule has 3 aromatic rings. The van der Waals surface area contributed by atoms with E-state index in [0.717, 1.165) is 29.2 Å². The summed E-state index contributed by atoms with van der Waals surface area (Å²) in [5.74, 6) is -0.699. The fourth-order valence-electron chi connectivity index (χ4n) is 2.80. The number of benzene rings is 2. The molecule has 0 bridgehead atoms. The van der Waals surface area contributed by atoms with Crippen molar-refractivity contribution in [3.05, 3.63) is 53.9 Å². The first-order chi connectivity index (χ1) is 11.3. The van der Waals surface area contributed by atoms with Crippen LogP contribution in [-0.4, -0.2) is 9.55 Å². The van der Waals surface area contributed by atoms with E-state index in [0.29, 0.717) is 18.1 Å². The van der Waals surface area contributed by atoms with Gasteiger partial charge in [0.05, 0.1) is 11.0 Å². The van der Waals surface area contributed by atoms with Crippen molar-refractivity contribution in [2.45, 2.75) is 32.9 Å². The predicted octanol–water partition coefficient (Wildman–Crippen LogP) is 4.23. The van der Waals surface area contributed by atoms with E-state index in [4.69, 9.17) is 10.5 Å². The van der Waals surface area contributed by atoms with Gasteiger partial charge >= 0.3 is 0 Å². The third kappa shape index (κ3) is 2.79. The van der Waals surface area contributed by atoms with Crippen LogP contribution in [0.15, 0.2) is 36.4 Å². The lowest BCUT2D eigenvalue weighted by atomic mass is 10.1. The number of imidazole rings is 1. The fourth-order valence-corrected chi connectivity index (χ4v) is 2.80. The molecule has 0 atom stereocenters. The third-order valence-electron chi connectivity index (χ3n) is 3.89. The topological polar surface area (TPSA) is 53.1 Å². The zero-order chi connectivity index (χ0) is 17.5. The van der Waals surface area contributed by atoms with Gasteiger partial charge in [-0.15, -0.1) is 0 Å². The minimum absolute atomic E-state index is 0.144. The molecule has 126 valence electrons. The van der Waals surface area contributed by atoms with Gasteiger partial charge in [0.1, 0.15) is 5.82 Å². The van der Waals surface area contributed by atoms with Crippen LogP contribution in [0.1, 0.15) is 26.6 Å². The summed E-state index contributed by atoms with van der Waals surface area (Å²) < 4.78 is 35.1. The molecule has 1 aromatic heterocycles. The van der Waals surface area contributed by atoms with E-state index in [1.807, 2.05) is 17.6 Å². The van der Waals surface area contributed by atoms with Crippen molar-refractivity contribution >= 4 is 16.7 Å². The molecule has 0 aliphatic rings. The van der Waals surface area contributed by atoms with Crippen molar-refractivity contribution in [2.75, 3.05) is 5.73 Å². The molecule has 0 amide bonds. The summed E-state index contributed by atoms with van der Waals surface area (Å²) in [5.41, 5.74) is 7.13. The van der Waals surface area contributed by atoms with E-state index in [-0.39, 0.29) is 5.75 Å². The van der Waals surface area contributed by atoms with E-state index in [1.54, 1.807) is 26.0 Å². The van der Waals surface area contributed by atoms with E-state index in [9.17, 15) is 8.78 Å². The maximum atomic E-state index is 13.9. The largest absolute Gasteiger partial charge is 0.477 e.